The van der Waals surface area contributed by atoms with E-state index in [1.54, 1.807) is 0 Å². The van der Waals surface area contributed by atoms with Gasteiger partial charge in [-0.25, -0.2) is 0 Å². The highest BCUT2D eigenvalue weighted by molar-refractivity contribution is 5.82. The van der Waals surface area contributed by atoms with E-state index >= 15 is 0 Å². The van der Waals surface area contributed by atoms with Crippen molar-refractivity contribution in [1.82, 2.24) is 0 Å². The zero-order valence-electron chi connectivity index (χ0n) is 10.8. The summed E-state index contributed by atoms with van der Waals surface area (Å²) in [4.78, 5) is 12.0. The van der Waals surface area contributed by atoms with Crippen molar-refractivity contribution in [2.24, 2.45) is 23.2 Å². The Morgan fingerprint density at radius 2 is 2.00 bits per heavy atom. The molecule has 3 atom stereocenters. The maximum absolute atomic E-state index is 12.0. The van der Waals surface area contributed by atoms with Crippen LogP contribution in [0.3, 0.4) is 0 Å². The molecule has 0 amide bonds. The smallest absolute Gasteiger partial charge is 0.136 e. The highest BCUT2D eigenvalue weighted by Gasteiger charge is 2.39. The zero-order valence-corrected chi connectivity index (χ0v) is 10.8. The molecule has 0 aromatic heterocycles. The summed E-state index contributed by atoms with van der Waals surface area (Å²) in [5.41, 5.74) is 0.346. The van der Waals surface area contributed by atoms with Crippen LogP contribution in [0.5, 0.6) is 0 Å². The van der Waals surface area contributed by atoms with Crippen molar-refractivity contribution in [2.75, 3.05) is 13.2 Å². The standard InChI is InChI=1S/C14H24O2/c1-14(2,3)11-4-5-13(15)12(8-11)10-6-7-16-9-10/h10-12H,4-9H2,1-3H3. The molecule has 0 aromatic rings. The monoisotopic (exact) mass is 224 g/mol. The summed E-state index contributed by atoms with van der Waals surface area (Å²) in [6, 6.07) is 0. The lowest BCUT2D eigenvalue weighted by Gasteiger charge is -2.38. The summed E-state index contributed by atoms with van der Waals surface area (Å²) in [5.74, 6) is 2.00. The van der Waals surface area contributed by atoms with E-state index in [1.807, 2.05) is 0 Å². The van der Waals surface area contributed by atoms with Gasteiger partial charge >= 0.3 is 0 Å². The first-order valence-electron chi connectivity index (χ1n) is 6.59. The van der Waals surface area contributed by atoms with Crippen LogP contribution in [0.2, 0.25) is 0 Å². The van der Waals surface area contributed by atoms with E-state index < -0.39 is 0 Å². The van der Waals surface area contributed by atoms with Crippen molar-refractivity contribution in [2.45, 2.75) is 46.5 Å². The lowest BCUT2D eigenvalue weighted by molar-refractivity contribution is -0.128. The fourth-order valence-electron chi connectivity index (χ4n) is 3.17. The quantitative estimate of drug-likeness (QED) is 0.684. The molecule has 1 saturated heterocycles. The van der Waals surface area contributed by atoms with Crippen LogP contribution in [-0.2, 0) is 9.53 Å². The molecule has 2 aliphatic rings. The van der Waals surface area contributed by atoms with Crippen LogP contribution in [0.4, 0.5) is 0 Å². The molecule has 0 radical (unpaired) electrons. The average molecular weight is 224 g/mol. The number of carbonyl (C=O) groups is 1. The maximum atomic E-state index is 12.0. The van der Waals surface area contributed by atoms with Crippen molar-refractivity contribution < 1.29 is 9.53 Å². The van der Waals surface area contributed by atoms with E-state index in [9.17, 15) is 4.79 Å². The highest BCUT2D eigenvalue weighted by atomic mass is 16.5. The minimum atomic E-state index is 0.292. The molecule has 2 heteroatoms. The van der Waals surface area contributed by atoms with Gasteiger partial charge in [-0.15, -0.1) is 0 Å². The van der Waals surface area contributed by atoms with Gasteiger partial charge in [-0.1, -0.05) is 20.8 Å². The minimum absolute atomic E-state index is 0.292. The van der Waals surface area contributed by atoms with E-state index in [2.05, 4.69) is 20.8 Å². The number of hydrogen-bond acceptors (Lipinski definition) is 2. The molecule has 16 heavy (non-hydrogen) atoms. The van der Waals surface area contributed by atoms with Crippen molar-refractivity contribution in [1.29, 1.82) is 0 Å². The molecule has 2 fully saturated rings. The second-order valence-electron chi connectivity index (χ2n) is 6.53. The molecule has 0 aromatic carbocycles. The van der Waals surface area contributed by atoms with Crippen LogP contribution in [-0.4, -0.2) is 19.0 Å². The van der Waals surface area contributed by atoms with Crippen LogP contribution in [0.1, 0.15) is 46.5 Å². The van der Waals surface area contributed by atoms with E-state index in [-0.39, 0.29) is 0 Å². The third-order valence-corrected chi connectivity index (χ3v) is 4.45. The van der Waals surface area contributed by atoms with Gasteiger partial charge in [-0.05, 0) is 36.5 Å². The zero-order chi connectivity index (χ0) is 11.8. The summed E-state index contributed by atoms with van der Waals surface area (Å²) in [5, 5.41) is 0. The van der Waals surface area contributed by atoms with Gasteiger partial charge in [-0.2, -0.15) is 0 Å². The SMILES string of the molecule is CC(C)(C)C1CCC(=O)C(C2CCOC2)C1. The maximum Gasteiger partial charge on any atom is 0.136 e. The molecule has 0 N–H and O–H groups in total. The Morgan fingerprint density at radius 3 is 2.56 bits per heavy atom. The predicted molar refractivity (Wildman–Crippen MR) is 64.2 cm³/mol. The van der Waals surface area contributed by atoms with Gasteiger partial charge < -0.3 is 4.74 Å². The van der Waals surface area contributed by atoms with Gasteiger partial charge in [0, 0.05) is 18.9 Å². The summed E-state index contributed by atoms with van der Waals surface area (Å²) in [7, 11) is 0. The number of ether oxygens (including phenoxy) is 1. The third-order valence-electron chi connectivity index (χ3n) is 4.45. The van der Waals surface area contributed by atoms with Crippen molar-refractivity contribution in [3.63, 3.8) is 0 Å². The lowest BCUT2D eigenvalue weighted by Crippen LogP contribution is -2.35. The molecular formula is C14H24O2. The molecular weight excluding hydrogens is 200 g/mol. The van der Waals surface area contributed by atoms with Gasteiger partial charge in [0.05, 0.1) is 6.61 Å². The Balaban J connectivity index is 2.02. The summed E-state index contributed by atoms with van der Waals surface area (Å²) in [6.45, 7) is 8.57. The van der Waals surface area contributed by atoms with E-state index in [1.165, 1.54) is 0 Å². The van der Waals surface area contributed by atoms with Crippen LogP contribution in [0.25, 0.3) is 0 Å². The molecule has 2 rings (SSSR count). The molecule has 0 spiro atoms. The number of carbonyl (C=O) groups excluding carboxylic acids is 1. The Morgan fingerprint density at radius 1 is 1.25 bits per heavy atom. The summed E-state index contributed by atoms with van der Waals surface area (Å²) < 4.78 is 5.43. The fourth-order valence-corrected chi connectivity index (χ4v) is 3.17. The molecule has 2 nitrogen and oxygen atoms in total. The second-order valence-corrected chi connectivity index (χ2v) is 6.53. The first-order valence-corrected chi connectivity index (χ1v) is 6.59. The van der Waals surface area contributed by atoms with E-state index in [0.29, 0.717) is 29.0 Å². The van der Waals surface area contributed by atoms with Crippen LogP contribution >= 0.6 is 0 Å². The van der Waals surface area contributed by atoms with Crippen molar-refractivity contribution >= 4 is 5.78 Å². The molecule has 1 heterocycles. The number of hydrogen-bond donors (Lipinski definition) is 0. The Kier molecular flexibility index (Phi) is 3.39. The van der Waals surface area contributed by atoms with E-state index in [0.717, 1.165) is 38.9 Å². The van der Waals surface area contributed by atoms with Gasteiger partial charge in [0.1, 0.15) is 5.78 Å². The van der Waals surface area contributed by atoms with Gasteiger partial charge in [-0.3, -0.25) is 4.79 Å². The number of Topliss-reactive ketones (excluding diaryl/α,β-unsaturated/α-hetero) is 1. The average Bonchev–Trinajstić information content (AvgIpc) is 2.69. The Labute approximate surface area is 98.7 Å². The van der Waals surface area contributed by atoms with Crippen LogP contribution < -0.4 is 0 Å². The van der Waals surface area contributed by atoms with Gasteiger partial charge in [0.2, 0.25) is 0 Å². The molecule has 1 aliphatic carbocycles. The molecule has 0 bridgehead atoms. The third kappa shape index (κ3) is 2.48. The van der Waals surface area contributed by atoms with Gasteiger partial charge in [0.25, 0.3) is 0 Å². The van der Waals surface area contributed by atoms with Crippen LogP contribution in [0.15, 0.2) is 0 Å². The Hall–Kier alpha value is -0.370. The van der Waals surface area contributed by atoms with Crippen molar-refractivity contribution in [3.8, 4) is 0 Å². The first-order chi connectivity index (χ1) is 7.48. The number of ketones is 1. The summed E-state index contributed by atoms with van der Waals surface area (Å²) >= 11 is 0. The van der Waals surface area contributed by atoms with E-state index in [4.69, 9.17) is 4.74 Å². The summed E-state index contributed by atoms with van der Waals surface area (Å²) in [6.07, 6.45) is 4.07. The highest BCUT2D eigenvalue weighted by Crippen LogP contribution is 2.42. The lowest BCUT2D eigenvalue weighted by atomic mass is 9.66. The molecule has 92 valence electrons. The molecule has 3 unspecified atom stereocenters. The normalized spacial score (nSPS) is 36.7. The van der Waals surface area contributed by atoms with Gasteiger partial charge in [0.15, 0.2) is 0 Å². The topological polar surface area (TPSA) is 26.3 Å². The Bertz CT molecular complexity index is 258. The number of rotatable bonds is 1. The first kappa shape index (κ1) is 12.1. The largest absolute Gasteiger partial charge is 0.381 e. The fraction of sp³-hybridized carbons (Fsp3) is 0.929. The minimum Gasteiger partial charge on any atom is -0.381 e. The second kappa shape index (κ2) is 4.48. The van der Waals surface area contributed by atoms with Crippen molar-refractivity contribution in [3.05, 3.63) is 0 Å². The molecule has 1 saturated carbocycles. The van der Waals surface area contributed by atoms with Crippen LogP contribution in [0, 0.1) is 23.2 Å². The predicted octanol–water partition coefficient (Wildman–Crippen LogP) is 3.05. The molecule has 1 aliphatic heterocycles.